The monoisotopic (exact) mass is 398 g/mol. The van der Waals surface area contributed by atoms with Crippen LogP contribution >= 0.6 is 0 Å². The molecule has 1 nitrogen and oxygen atoms in total. The van der Waals surface area contributed by atoms with Gasteiger partial charge in [0.2, 0.25) is 0 Å². The van der Waals surface area contributed by atoms with Crippen molar-refractivity contribution in [3.05, 3.63) is 35.5 Å². The summed E-state index contributed by atoms with van der Waals surface area (Å²) in [6, 6.07) is 0. The van der Waals surface area contributed by atoms with Crippen LogP contribution in [0.1, 0.15) is 98.3 Å². The molecule has 3 rings (SSSR count). The molecule has 0 aromatic heterocycles. The predicted molar refractivity (Wildman–Crippen MR) is 126 cm³/mol. The number of rotatable bonds is 7. The van der Waals surface area contributed by atoms with Crippen LogP contribution in [0.25, 0.3) is 0 Å². The van der Waals surface area contributed by atoms with Gasteiger partial charge in [-0.05, 0) is 86.0 Å². The molecule has 3 saturated carbocycles. The van der Waals surface area contributed by atoms with E-state index in [1.165, 1.54) is 62.5 Å². The molecule has 3 fully saturated rings. The maximum Gasteiger partial charge on any atom is 0.0614 e. The Morgan fingerprint density at radius 1 is 1.10 bits per heavy atom. The van der Waals surface area contributed by atoms with Crippen molar-refractivity contribution in [2.24, 2.45) is 29.1 Å². The van der Waals surface area contributed by atoms with Gasteiger partial charge in [0.1, 0.15) is 0 Å². The van der Waals surface area contributed by atoms with E-state index in [1.54, 1.807) is 5.57 Å². The van der Waals surface area contributed by atoms with Gasteiger partial charge in [-0.1, -0.05) is 76.8 Å². The molecule has 29 heavy (non-hydrogen) atoms. The summed E-state index contributed by atoms with van der Waals surface area (Å²) < 4.78 is 5.63. The number of hydrogen-bond acceptors (Lipinski definition) is 1. The Hall–Kier alpha value is -0.820. The summed E-state index contributed by atoms with van der Waals surface area (Å²) >= 11 is 0. The van der Waals surface area contributed by atoms with Gasteiger partial charge < -0.3 is 4.74 Å². The van der Waals surface area contributed by atoms with Crippen LogP contribution in [-0.4, -0.2) is 13.2 Å². The van der Waals surface area contributed by atoms with E-state index < -0.39 is 0 Å². The summed E-state index contributed by atoms with van der Waals surface area (Å²) in [4.78, 5) is 0. The first-order valence-electron chi connectivity index (χ1n) is 12.5. The Balaban J connectivity index is 1.70. The Kier molecular flexibility index (Phi) is 7.87. The molecule has 1 heteroatoms. The van der Waals surface area contributed by atoms with Crippen LogP contribution in [-0.2, 0) is 4.74 Å². The molecule has 0 aromatic rings. The highest BCUT2D eigenvalue weighted by Gasteiger charge is 2.50. The normalized spacial score (nSPS) is 36.8. The molecular formula is C28H46O. The molecule has 0 radical (unpaired) electrons. The highest BCUT2D eigenvalue weighted by Crippen LogP contribution is 2.59. The van der Waals surface area contributed by atoms with E-state index in [2.05, 4.69) is 46.4 Å². The Morgan fingerprint density at radius 2 is 1.90 bits per heavy atom. The van der Waals surface area contributed by atoms with E-state index in [-0.39, 0.29) is 0 Å². The summed E-state index contributed by atoms with van der Waals surface area (Å²) in [7, 11) is 1.85. The lowest BCUT2D eigenvalue weighted by molar-refractivity contribution is 0.0907. The van der Waals surface area contributed by atoms with Gasteiger partial charge in [-0.25, -0.2) is 0 Å². The van der Waals surface area contributed by atoms with Crippen LogP contribution in [0.2, 0.25) is 0 Å². The fraction of sp³-hybridized carbons (Fsp3) is 0.786. The third-order valence-corrected chi connectivity index (χ3v) is 8.67. The van der Waals surface area contributed by atoms with Gasteiger partial charge >= 0.3 is 0 Å². The van der Waals surface area contributed by atoms with Crippen molar-refractivity contribution in [1.29, 1.82) is 0 Å². The van der Waals surface area contributed by atoms with Crippen LogP contribution in [0.3, 0.4) is 0 Å². The summed E-state index contributed by atoms with van der Waals surface area (Å²) in [5.41, 5.74) is 5.02. The van der Waals surface area contributed by atoms with Gasteiger partial charge in [-0.2, -0.15) is 0 Å². The Morgan fingerprint density at radius 3 is 2.62 bits per heavy atom. The van der Waals surface area contributed by atoms with Crippen molar-refractivity contribution < 1.29 is 4.74 Å². The average molecular weight is 399 g/mol. The third-order valence-electron chi connectivity index (χ3n) is 8.67. The van der Waals surface area contributed by atoms with Gasteiger partial charge in [-0.15, -0.1) is 0 Å². The lowest BCUT2D eigenvalue weighted by Gasteiger charge is -2.44. The molecule has 3 aliphatic rings. The minimum Gasteiger partial charge on any atom is -0.381 e. The zero-order valence-electron chi connectivity index (χ0n) is 19.9. The molecule has 0 bridgehead atoms. The molecule has 2 unspecified atom stereocenters. The Labute approximate surface area is 181 Å². The van der Waals surface area contributed by atoms with E-state index >= 15 is 0 Å². The molecule has 0 aromatic carbocycles. The topological polar surface area (TPSA) is 9.23 Å². The maximum atomic E-state index is 5.63. The molecular weight excluding hydrogens is 352 g/mol. The number of methoxy groups -OCH3 is 1. The van der Waals surface area contributed by atoms with Crippen molar-refractivity contribution in [2.75, 3.05) is 7.11 Å². The Bertz CT molecular complexity index is 624. The second-order valence-electron chi connectivity index (χ2n) is 11.0. The number of ether oxygens (including phenoxy) is 1. The standard InChI is InChI=1S/C28H46O/c1-20(2)9-7-10-22(4)26-16-17-27-23(11-8-18-28(26,27)5)13-14-24-19-25(29-6)15-12-21(24)3/h13-14,20,22,25-27H,3,7-12,15-19H2,1-2,4-6H3/b23-13+,24-14-/t22?,25-,26?,27-,28+/m0/s1. The first kappa shape index (κ1) is 22.9. The molecule has 0 amide bonds. The van der Waals surface area contributed by atoms with Gasteiger partial charge in [-0.3, -0.25) is 0 Å². The third kappa shape index (κ3) is 5.27. The smallest absolute Gasteiger partial charge is 0.0614 e. The second-order valence-corrected chi connectivity index (χ2v) is 11.0. The molecule has 164 valence electrons. The number of fused-ring (bicyclic) bond motifs is 1. The van der Waals surface area contributed by atoms with Crippen LogP contribution in [0.4, 0.5) is 0 Å². The van der Waals surface area contributed by atoms with Crippen molar-refractivity contribution in [1.82, 2.24) is 0 Å². The highest BCUT2D eigenvalue weighted by atomic mass is 16.5. The molecule has 0 heterocycles. The van der Waals surface area contributed by atoms with E-state index in [0.29, 0.717) is 11.5 Å². The van der Waals surface area contributed by atoms with Gasteiger partial charge in [0.05, 0.1) is 6.10 Å². The minimum absolute atomic E-state index is 0.379. The van der Waals surface area contributed by atoms with E-state index in [1.807, 2.05) is 7.11 Å². The van der Waals surface area contributed by atoms with E-state index in [9.17, 15) is 0 Å². The minimum atomic E-state index is 0.379. The largest absolute Gasteiger partial charge is 0.381 e. The first-order valence-corrected chi connectivity index (χ1v) is 12.5. The van der Waals surface area contributed by atoms with Crippen LogP contribution in [0, 0.1) is 29.1 Å². The van der Waals surface area contributed by atoms with Crippen molar-refractivity contribution in [3.63, 3.8) is 0 Å². The van der Waals surface area contributed by atoms with E-state index in [4.69, 9.17) is 4.74 Å². The van der Waals surface area contributed by atoms with Crippen LogP contribution in [0.15, 0.2) is 35.5 Å². The van der Waals surface area contributed by atoms with Crippen molar-refractivity contribution in [3.8, 4) is 0 Å². The zero-order valence-corrected chi connectivity index (χ0v) is 19.9. The average Bonchev–Trinajstić information content (AvgIpc) is 3.04. The number of allylic oxidation sites excluding steroid dienone is 4. The van der Waals surface area contributed by atoms with Gasteiger partial charge in [0.15, 0.2) is 0 Å². The molecule has 0 spiro atoms. The fourth-order valence-corrected chi connectivity index (χ4v) is 6.85. The SMILES string of the molecule is C=C1CC[C@H](OC)C/C1=C/C=C1\CCC[C@]2(C)C(C(C)CCCC(C)C)CC[C@@H]12. The molecule has 0 N–H and O–H groups in total. The quantitative estimate of drug-likeness (QED) is 0.419. The predicted octanol–water partition coefficient (Wildman–Crippen LogP) is 8.27. The van der Waals surface area contributed by atoms with Crippen molar-refractivity contribution >= 4 is 0 Å². The van der Waals surface area contributed by atoms with Crippen LogP contribution in [0.5, 0.6) is 0 Å². The summed E-state index contributed by atoms with van der Waals surface area (Å²) in [5.74, 6) is 3.44. The zero-order chi connectivity index (χ0) is 21.0. The summed E-state index contributed by atoms with van der Waals surface area (Å²) in [6.07, 6.45) is 19.7. The lowest BCUT2D eigenvalue weighted by atomic mass is 9.60. The molecule has 3 aliphatic carbocycles. The van der Waals surface area contributed by atoms with Gasteiger partial charge in [0, 0.05) is 7.11 Å². The second kappa shape index (κ2) is 9.99. The number of hydrogen-bond donors (Lipinski definition) is 0. The first-order chi connectivity index (χ1) is 13.8. The molecule has 5 atom stereocenters. The molecule has 0 aliphatic heterocycles. The van der Waals surface area contributed by atoms with Gasteiger partial charge in [0.25, 0.3) is 0 Å². The maximum absolute atomic E-state index is 5.63. The highest BCUT2D eigenvalue weighted by molar-refractivity contribution is 5.36. The molecule has 0 saturated heterocycles. The summed E-state index contributed by atoms with van der Waals surface area (Å²) in [5, 5.41) is 0. The van der Waals surface area contributed by atoms with Crippen molar-refractivity contribution in [2.45, 2.75) is 104 Å². The lowest BCUT2D eigenvalue weighted by Crippen LogP contribution is -2.36. The summed E-state index contributed by atoms with van der Waals surface area (Å²) in [6.45, 7) is 14.2. The van der Waals surface area contributed by atoms with E-state index in [0.717, 1.165) is 42.9 Å². The fourth-order valence-electron chi connectivity index (χ4n) is 6.85. The van der Waals surface area contributed by atoms with Crippen LogP contribution < -0.4 is 0 Å².